The van der Waals surface area contributed by atoms with Crippen LogP contribution in [0.5, 0.6) is 5.75 Å². The summed E-state index contributed by atoms with van der Waals surface area (Å²) in [6.07, 6.45) is 4.29. The molecular formula is C19H14N8O2. The second-order valence-corrected chi connectivity index (χ2v) is 5.96. The molecule has 2 aromatic heterocycles. The van der Waals surface area contributed by atoms with E-state index in [2.05, 4.69) is 36.9 Å². The SMILES string of the molecule is N#Cc1cccc(COc2ccc(NC(=O)c3cnc[nH]3)cc2-n2cnnn2)c1. The number of aromatic nitrogens is 6. The number of anilines is 1. The lowest BCUT2D eigenvalue weighted by molar-refractivity contribution is 0.102. The van der Waals surface area contributed by atoms with E-state index >= 15 is 0 Å². The Labute approximate surface area is 164 Å². The van der Waals surface area contributed by atoms with Crippen LogP contribution in [0.15, 0.2) is 61.3 Å². The van der Waals surface area contributed by atoms with Crippen LogP contribution in [0.4, 0.5) is 5.69 Å². The molecule has 0 bridgehead atoms. The third kappa shape index (κ3) is 4.09. The highest BCUT2D eigenvalue weighted by atomic mass is 16.5. The van der Waals surface area contributed by atoms with E-state index in [9.17, 15) is 4.79 Å². The summed E-state index contributed by atoms with van der Waals surface area (Å²) < 4.78 is 7.36. The number of aromatic amines is 1. The van der Waals surface area contributed by atoms with Crippen LogP contribution < -0.4 is 10.1 Å². The number of nitrogens with one attached hydrogen (secondary N) is 2. The number of hydrogen-bond acceptors (Lipinski definition) is 7. The number of nitrogens with zero attached hydrogens (tertiary/aromatic N) is 6. The van der Waals surface area contributed by atoms with Gasteiger partial charge in [0.15, 0.2) is 0 Å². The van der Waals surface area contributed by atoms with Crippen LogP contribution >= 0.6 is 0 Å². The number of ether oxygens (including phenoxy) is 1. The molecule has 0 radical (unpaired) electrons. The van der Waals surface area contributed by atoms with Crippen molar-refractivity contribution in [1.82, 2.24) is 30.2 Å². The van der Waals surface area contributed by atoms with Crippen LogP contribution in [0.25, 0.3) is 5.69 Å². The van der Waals surface area contributed by atoms with Crippen molar-refractivity contribution in [2.45, 2.75) is 6.61 Å². The van der Waals surface area contributed by atoms with Crippen molar-refractivity contribution in [2.24, 2.45) is 0 Å². The van der Waals surface area contributed by atoms with Crippen molar-refractivity contribution in [3.63, 3.8) is 0 Å². The van der Waals surface area contributed by atoms with Crippen LogP contribution in [0.1, 0.15) is 21.6 Å². The van der Waals surface area contributed by atoms with Crippen molar-refractivity contribution in [3.05, 3.63) is 78.1 Å². The van der Waals surface area contributed by atoms with E-state index in [1.54, 1.807) is 36.4 Å². The third-order valence-corrected chi connectivity index (χ3v) is 4.01. The molecule has 0 aliphatic carbocycles. The Balaban J connectivity index is 1.58. The van der Waals surface area contributed by atoms with Crippen molar-refractivity contribution in [1.29, 1.82) is 5.26 Å². The van der Waals surface area contributed by atoms with Gasteiger partial charge in [-0.25, -0.2) is 4.98 Å². The van der Waals surface area contributed by atoms with E-state index in [0.29, 0.717) is 28.4 Å². The summed E-state index contributed by atoms with van der Waals surface area (Å²) in [5, 5.41) is 23.0. The molecule has 4 rings (SSSR count). The molecule has 0 fully saturated rings. The number of benzene rings is 2. The highest BCUT2D eigenvalue weighted by Crippen LogP contribution is 2.27. The average molecular weight is 386 g/mol. The number of rotatable bonds is 6. The summed E-state index contributed by atoms with van der Waals surface area (Å²) >= 11 is 0. The summed E-state index contributed by atoms with van der Waals surface area (Å²) in [6, 6.07) is 14.4. The fourth-order valence-electron chi connectivity index (χ4n) is 2.64. The van der Waals surface area contributed by atoms with Crippen LogP contribution in [-0.2, 0) is 6.61 Å². The summed E-state index contributed by atoms with van der Waals surface area (Å²) in [6.45, 7) is 0.254. The van der Waals surface area contributed by atoms with E-state index < -0.39 is 0 Å². The molecule has 142 valence electrons. The fraction of sp³-hybridized carbons (Fsp3) is 0.0526. The Morgan fingerprint density at radius 1 is 1.28 bits per heavy atom. The predicted molar refractivity (Wildman–Crippen MR) is 101 cm³/mol. The van der Waals surface area contributed by atoms with Gasteiger partial charge in [0.25, 0.3) is 5.91 Å². The molecule has 2 N–H and O–H groups in total. The molecule has 2 aromatic carbocycles. The molecular weight excluding hydrogens is 372 g/mol. The summed E-state index contributed by atoms with van der Waals surface area (Å²) in [4.78, 5) is 18.8. The number of carbonyl (C=O) groups is 1. The standard InChI is InChI=1S/C19H14N8O2/c20-8-13-2-1-3-14(6-13)10-29-18-5-4-15(7-17(18)27-12-23-25-26-27)24-19(28)16-9-21-11-22-16/h1-7,9,11-12H,10H2,(H,21,22)(H,24,28). The second kappa shape index (κ2) is 8.01. The molecule has 0 atom stereocenters. The van der Waals surface area contributed by atoms with Crippen LogP contribution in [0.2, 0.25) is 0 Å². The number of nitriles is 1. The van der Waals surface area contributed by atoms with Gasteiger partial charge in [0, 0.05) is 5.69 Å². The first-order chi connectivity index (χ1) is 14.2. The molecule has 0 unspecified atom stereocenters. The number of H-pyrrole nitrogens is 1. The van der Waals surface area contributed by atoms with E-state index in [1.165, 1.54) is 23.5 Å². The van der Waals surface area contributed by atoms with Crippen LogP contribution in [0.3, 0.4) is 0 Å². The zero-order chi connectivity index (χ0) is 20.1. The van der Waals surface area contributed by atoms with E-state index in [4.69, 9.17) is 10.00 Å². The number of tetrazole rings is 1. The minimum atomic E-state index is -0.327. The Kier molecular flexibility index (Phi) is 4.94. The van der Waals surface area contributed by atoms with Gasteiger partial charge in [-0.15, -0.1) is 5.10 Å². The number of imidazole rings is 1. The maximum Gasteiger partial charge on any atom is 0.273 e. The van der Waals surface area contributed by atoms with Crippen LogP contribution in [0, 0.1) is 11.3 Å². The molecule has 4 aromatic rings. The topological polar surface area (TPSA) is 134 Å². The first-order valence-corrected chi connectivity index (χ1v) is 8.52. The van der Waals surface area contributed by atoms with Gasteiger partial charge in [0.2, 0.25) is 0 Å². The quantitative estimate of drug-likeness (QED) is 0.518. The predicted octanol–water partition coefficient (Wildman–Crippen LogP) is 2.09. The minimum absolute atomic E-state index is 0.254. The largest absolute Gasteiger partial charge is 0.487 e. The van der Waals surface area contributed by atoms with Gasteiger partial charge in [-0.3, -0.25) is 4.79 Å². The monoisotopic (exact) mass is 386 g/mol. The average Bonchev–Trinajstić information content (AvgIpc) is 3.47. The molecule has 0 saturated heterocycles. The molecule has 29 heavy (non-hydrogen) atoms. The summed E-state index contributed by atoms with van der Waals surface area (Å²) in [7, 11) is 0. The molecule has 0 aliphatic heterocycles. The molecule has 10 heteroatoms. The van der Waals surface area contributed by atoms with Gasteiger partial charge in [0.1, 0.15) is 30.1 Å². The zero-order valence-electron chi connectivity index (χ0n) is 15.0. The minimum Gasteiger partial charge on any atom is -0.487 e. The van der Waals surface area contributed by atoms with Gasteiger partial charge in [-0.1, -0.05) is 12.1 Å². The lowest BCUT2D eigenvalue weighted by Crippen LogP contribution is -2.13. The van der Waals surface area contributed by atoms with Gasteiger partial charge in [-0.05, 0) is 46.3 Å². The van der Waals surface area contributed by atoms with Gasteiger partial charge in [-0.2, -0.15) is 9.94 Å². The molecule has 1 amide bonds. The van der Waals surface area contributed by atoms with Crippen LogP contribution in [-0.4, -0.2) is 36.1 Å². The van der Waals surface area contributed by atoms with Crippen molar-refractivity contribution in [2.75, 3.05) is 5.32 Å². The Morgan fingerprint density at radius 3 is 2.97 bits per heavy atom. The normalized spacial score (nSPS) is 10.3. The molecule has 0 spiro atoms. The lowest BCUT2D eigenvalue weighted by Gasteiger charge is -2.13. The molecule has 0 saturated carbocycles. The van der Waals surface area contributed by atoms with E-state index in [-0.39, 0.29) is 12.5 Å². The number of carbonyl (C=O) groups excluding carboxylic acids is 1. The summed E-state index contributed by atoms with van der Waals surface area (Å²) in [5.41, 5.74) is 2.83. The van der Waals surface area contributed by atoms with E-state index in [1.807, 2.05) is 6.07 Å². The Hall–Kier alpha value is -4.52. The van der Waals surface area contributed by atoms with E-state index in [0.717, 1.165) is 5.56 Å². The number of hydrogen-bond donors (Lipinski definition) is 2. The van der Waals surface area contributed by atoms with Crippen molar-refractivity contribution in [3.8, 4) is 17.5 Å². The maximum atomic E-state index is 12.2. The first kappa shape index (κ1) is 17.9. The van der Waals surface area contributed by atoms with Crippen molar-refractivity contribution >= 4 is 11.6 Å². The summed E-state index contributed by atoms with van der Waals surface area (Å²) in [5.74, 6) is 0.186. The third-order valence-electron chi connectivity index (χ3n) is 4.01. The lowest BCUT2D eigenvalue weighted by atomic mass is 10.1. The molecule has 2 heterocycles. The first-order valence-electron chi connectivity index (χ1n) is 8.52. The molecule has 0 aliphatic rings. The Morgan fingerprint density at radius 2 is 2.21 bits per heavy atom. The Bertz CT molecular complexity index is 1160. The zero-order valence-corrected chi connectivity index (χ0v) is 15.0. The highest BCUT2D eigenvalue weighted by molar-refractivity contribution is 6.02. The second-order valence-electron chi connectivity index (χ2n) is 5.96. The van der Waals surface area contributed by atoms with Crippen molar-refractivity contribution < 1.29 is 9.53 Å². The molecule has 10 nitrogen and oxygen atoms in total. The van der Waals surface area contributed by atoms with Gasteiger partial charge in [0.05, 0.1) is 24.2 Å². The number of amides is 1. The van der Waals surface area contributed by atoms with Gasteiger partial charge < -0.3 is 15.0 Å². The highest BCUT2D eigenvalue weighted by Gasteiger charge is 2.13. The fourth-order valence-corrected chi connectivity index (χ4v) is 2.64. The maximum absolute atomic E-state index is 12.2. The smallest absolute Gasteiger partial charge is 0.273 e. The van der Waals surface area contributed by atoms with Gasteiger partial charge >= 0.3 is 0 Å².